The highest BCUT2D eigenvalue weighted by atomic mass is 35.5. The minimum Gasteiger partial charge on any atom is -0.121 e. The SMILES string of the molecule is CCCCCCC1(Cl)CC1Cl. The van der Waals surface area contributed by atoms with E-state index in [2.05, 4.69) is 6.92 Å². The average molecular weight is 195 g/mol. The molecule has 0 spiro atoms. The van der Waals surface area contributed by atoms with Crippen LogP contribution in [-0.2, 0) is 0 Å². The maximum Gasteiger partial charge on any atom is 0.0625 e. The van der Waals surface area contributed by atoms with Gasteiger partial charge in [0.1, 0.15) is 0 Å². The van der Waals surface area contributed by atoms with Gasteiger partial charge in [-0.25, -0.2) is 0 Å². The van der Waals surface area contributed by atoms with Crippen molar-refractivity contribution in [3.63, 3.8) is 0 Å². The van der Waals surface area contributed by atoms with Gasteiger partial charge in [0.15, 0.2) is 0 Å². The molecule has 0 radical (unpaired) electrons. The largest absolute Gasteiger partial charge is 0.121 e. The van der Waals surface area contributed by atoms with Gasteiger partial charge in [0.25, 0.3) is 0 Å². The van der Waals surface area contributed by atoms with Crippen LogP contribution in [0, 0.1) is 0 Å². The number of rotatable bonds is 5. The predicted molar refractivity (Wildman–Crippen MR) is 51.6 cm³/mol. The molecule has 0 amide bonds. The Morgan fingerprint density at radius 3 is 2.45 bits per heavy atom. The Kier molecular flexibility index (Phi) is 3.52. The predicted octanol–water partition coefficient (Wildman–Crippen LogP) is 3.95. The van der Waals surface area contributed by atoms with Gasteiger partial charge >= 0.3 is 0 Å². The molecule has 0 aliphatic heterocycles. The monoisotopic (exact) mass is 194 g/mol. The fourth-order valence-corrected chi connectivity index (χ4v) is 2.09. The number of alkyl halides is 2. The molecule has 1 rings (SSSR count). The van der Waals surface area contributed by atoms with Crippen molar-refractivity contribution >= 4 is 23.2 Å². The summed E-state index contributed by atoms with van der Waals surface area (Å²) in [4.78, 5) is -0.00467. The molecule has 0 N–H and O–H groups in total. The highest BCUT2D eigenvalue weighted by Gasteiger charge is 2.50. The summed E-state index contributed by atoms with van der Waals surface area (Å²) < 4.78 is 0. The fourth-order valence-electron chi connectivity index (χ4n) is 1.34. The van der Waals surface area contributed by atoms with Crippen LogP contribution in [0.25, 0.3) is 0 Å². The summed E-state index contributed by atoms with van der Waals surface area (Å²) >= 11 is 12.0. The van der Waals surface area contributed by atoms with E-state index in [9.17, 15) is 0 Å². The van der Waals surface area contributed by atoms with Crippen molar-refractivity contribution in [2.24, 2.45) is 0 Å². The topological polar surface area (TPSA) is 0 Å². The Labute approximate surface area is 79.3 Å². The van der Waals surface area contributed by atoms with Crippen LogP contribution in [0.2, 0.25) is 0 Å². The quantitative estimate of drug-likeness (QED) is 0.460. The Balaban J connectivity index is 1.96. The second-order valence-corrected chi connectivity index (χ2v) is 4.80. The molecular weight excluding hydrogens is 179 g/mol. The minimum absolute atomic E-state index is 0.00467. The van der Waals surface area contributed by atoms with Gasteiger partial charge in [0.05, 0.1) is 10.3 Å². The van der Waals surface area contributed by atoms with Crippen LogP contribution in [0.15, 0.2) is 0 Å². The summed E-state index contributed by atoms with van der Waals surface area (Å²) in [5.41, 5.74) is 0. The lowest BCUT2D eigenvalue weighted by Crippen LogP contribution is -2.01. The summed E-state index contributed by atoms with van der Waals surface area (Å²) in [7, 11) is 0. The first-order valence-corrected chi connectivity index (χ1v) is 5.33. The smallest absolute Gasteiger partial charge is 0.0625 e. The molecule has 11 heavy (non-hydrogen) atoms. The van der Waals surface area contributed by atoms with Crippen LogP contribution in [-0.4, -0.2) is 10.3 Å². The second kappa shape index (κ2) is 4.00. The molecule has 0 aromatic carbocycles. The van der Waals surface area contributed by atoms with Gasteiger partial charge in [-0.05, 0) is 12.8 Å². The Morgan fingerprint density at radius 2 is 2.00 bits per heavy atom. The summed E-state index contributed by atoms with van der Waals surface area (Å²) in [6, 6.07) is 0. The van der Waals surface area contributed by atoms with Crippen LogP contribution in [0.5, 0.6) is 0 Å². The fraction of sp³-hybridized carbons (Fsp3) is 1.00. The van der Waals surface area contributed by atoms with Gasteiger partial charge in [-0.2, -0.15) is 0 Å². The van der Waals surface area contributed by atoms with Gasteiger partial charge in [0, 0.05) is 0 Å². The lowest BCUT2D eigenvalue weighted by atomic mass is 10.1. The molecule has 0 heterocycles. The molecule has 2 heteroatoms. The molecule has 1 saturated carbocycles. The number of unbranched alkanes of at least 4 members (excludes halogenated alkanes) is 3. The summed E-state index contributed by atoms with van der Waals surface area (Å²) in [5.74, 6) is 0. The lowest BCUT2D eigenvalue weighted by Gasteiger charge is -2.04. The van der Waals surface area contributed by atoms with E-state index in [4.69, 9.17) is 23.2 Å². The Morgan fingerprint density at radius 1 is 1.36 bits per heavy atom. The van der Waals surface area contributed by atoms with E-state index in [1.807, 2.05) is 0 Å². The summed E-state index contributed by atoms with van der Waals surface area (Å²) in [6.07, 6.45) is 7.32. The van der Waals surface area contributed by atoms with Crippen molar-refractivity contribution in [2.45, 2.75) is 55.7 Å². The Hall–Kier alpha value is 0.580. The van der Waals surface area contributed by atoms with Crippen molar-refractivity contribution in [2.75, 3.05) is 0 Å². The number of halogens is 2. The molecular formula is C9H16Cl2. The van der Waals surface area contributed by atoms with Crippen LogP contribution in [0.4, 0.5) is 0 Å². The minimum atomic E-state index is -0.00467. The van der Waals surface area contributed by atoms with E-state index in [1.54, 1.807) is 0 Å². The normalized spacial score (nSPS) is 35.7. The van der Waals surface area contributed by atoms with Gasteiger partial charge in [-0.1, -0.05) is 32.6 Å². The number of hydrogen-bond acceptors (Lipinski definition) is 0. The maximum atomic E-state index is 6.14. The van der Waals surface area contributed by atoms with Crippen LogP contribution in [0.3, 0.4) is 0 Å². The zero-order valence-electron chi connectivity index (χ0n) is 7.08. The highest BCUT2D eigenvalue weighted by Crippen LogP contribution is 2.50. The van der Waals surface area contributed by atoms with E-state index < -0.39 is 0 Å². The van der Waals surface area contributed by atoms with E-state index in [0.29, 0.717) is 0 Å². The third-order valence-electron chi connectivity index (χ3n) is 2.37. The van der Waals surface area contributed by atoms with Crippen molar-refractivity contribution in [1.29, 1.82) is 0 Å². The van der Waals surface area contributed by atoms with Crippen molar-refractivity contribution in [3.8, 4) is 0 Å². The van der Waals surface area contributed by atoms with Crippen molar-refractivity contribution < 1.29 is 0 Å². The van der Waals surface area contributed by atoms with Gasteiger partial charge in [0.2, 0.25) is 0 Å². The first kappa shape index (κ1) is 9.67. The maximum absolute atomic E-state index is 6.14. The third kappa shape index (κ3) is 2.83. The molecule has 1 fully saturated rings. The molecule has 0 saturated heterocycles. The molecule has 2 unspecified atom stereocenters. The third-order valence-corrected chi connectivity index (χ3v) is 3.66. The molecule has 1 aliphatic carbocycles. The molecule has 0 aromatic rings. The Bertz CT molecular complexity index is 125. The first-order chi connectivity index (χ1) is 5.19. The zero-order chi connectivity index (χ0) is 8.32. The van der Waals surface area contributed by atoms with Crippen LogP contribution >= 0.6 is 23.2 Å². The average Bonchev–Trinajstić information content (AvgIpc) is 2.54. The standard InChI is InChI=1S/C9H16Cl2/c1-2-3-4-5-6-9(11)7-8(9)10/h8H,2-7H2,1H3. The van der Waals surface area contributed by atoms with Gasteiger partial charge in [-0.3, -0.25) is 0 Å². The van der Waals surface area contributed by atoms with E-state index in [-0.39, 0.29) is 10.3 Å². The number of hydrogen-bond donors (Lipinski definition) is 0. The lowest BCUT2D eigenvalue weighted by molar-refractivity contribution is 0.612. The van der Waals surface area contributed by atoms with E-state index in [0.717, 1.165) is 12.8 Å². The van der Waals surface area contributed by atoms with E-state index in [1.165, 1.54) is 25.7 Å². The van der Waals surface area contributed by atoms with Gasteiger partial charge < -0.3 is 0 Å². The zero-order valence-corrected chi connectivity index (χ0v) is 8.59. The van der Waals surface area contributed by atoms with Crippen molar-refractivity contribution in [3.05, 3.63) is 0 Å². The first-order valence-electron chi connectivity index (χ1n) is 4.52. The van der Waals surface area contributed by atoms with Crippen LogP contribution < -0.4 is 0 Å². The molecule has 66 valence electrons. The molecule has 1 aliphatic rings. The van der Waals surface area contributed by atoms with Crippen LogP contribution in [0.1, 0.15) is 45.4 Å². The molecule has 0 aromatic heterocycles. The molecule has 0 nitrogen and oxygen atoms in total. The molecule has 2 atom stereocenters. The second-order valence-electron chi connectivity index (χ2n) is 3.52. The summed E-state index contributed by atoms with van der Waals surface area (Å²) in [5, 5.41) is 0.255. The summed E-state index contributed by atoms with van der Waals surface area (Å²) in [6.45, 7) is 2.22. The van der Waals surface area contributed by atoms with Crippen molar-refractivity contribution in [1.82, 2.24) is 0 Å². The highest BCUT2D eigenvalue weighted by molar-refractivity contribution is 6.36. The van der Waals surface area contributed by atoms with E-state index >= 15 is 0 Å². The molecule has 0 bridgehead atoms. The van der Waals surface area contributed by atoms with Gasteiger partial charge in [-0.15, -0.1) is 23.2 Å².